The number of carboxylic acid groups (broad SMARTS) is 1. The van der Waals surface area contributed by atoms with Crippen LogP contribution in [0.25, 0.3) is 22.4 Å². The summed E-state index contributed by atoms with van der Waals surface area (Å²) >= 11 is 0. The molecule has 39 heavy (non-hydrogen) atoms. The summed E-state index contributed by atoms with van der Waals surface area (Å²) in [5.41, 5.74) is 10.5. The number of nitrogens with zero attached hydrogens (tertiary/aromatic N) is 3. The minimum Gasteiger partial charge on any atom is -0.491 e. The summed E-state index contributed by atoms with van der Waals surface area (Å²) in [4.78, 5) is 32.3. The highest BCUT2D eigenvalue weighted by atomic mass is 16.5. The summed E-state index contributed by atoms with van der Waals surface area (Å²) in [6, 6.07) is 14.4. The predicted molar refractivity (Wildman–Crippen MR) is 149 cm³/mol. The van der Waals surface area contributed by atoms with Gasteiger partial charge in [-0.1, -0.05) is 18.2 Å². The van der Waals surface area contributed by atoms with Crippen LogP contribution >= 0.6 is 0 Å². The fourth-order valence-electron chi connectivity index (χ4n) is 5.99. The van der Waals surface area contributed by atoms with Gasteiger partial charge in [0.1, 0.15) is 5.75 Å². The molecule has 8 nitrogen and oxygen atoms in total. The van der Waals surface area contributed by atoms with Crippen molar-refractivity contribution in [3.8, 4) is 28.1 Å². The standard InChI is InChI=1S/C31H30N4O4/c1-17-9-19(26-13-28(36)35(3)16-33-26)10-18(2)30(17)24-6-4-5-23-22(24)7-8-25(23)34-21-12-27-31(32-14-21)20(15-39-27)11-29(37)38/h4-6,9-10,12-14,16,20,25,34H,7-8,11,15H2,1-3H3,(H,37,38)/t20?,25-/m1/s1. The van der Waals surface area contributed by atoms with Gasteiger partial charge in [-0.15, -0.1) is 0 Å². The van der Waals surface area contributed by atoms with E-state index in [0.717, 1.165) is 40.9 Å². The van der Waals surface area contributed by atoms with Gasteiger partial charge in [-0.25, -0.2) is 4.98 Å². The fraction of sp³-hybridized carbons (Fsp3) is 0.290. The molecular weight excluding hydrogens is 492 g/mol. The Morgan fingerprint density at radius 3 is 2.69 bits per heavy atom. The first kappa shape index (κ1) is 24.9. The Hall–Kier alpha value is -4.46. The number of pyridine rings is 1. The summed E-state index contributed by atoms with van der Waals surface area (Å²) in [5, 5.41) is 12.8. The van der Waals surface area contributed by atoms with E-state index in [1.165, 1.54) is 26.8 Å². The summed E-state index contributed by atoms with van der Waals surface area (Å²) in [5.74, 6) is -0.390. The lowest BCUT2D eigenvalue weighted by Gasteiger charge is -2.19. The van der Waals surface area contributed by atoms with Gasteiger partial charge >= 0.3 is 5.97 Å². The normalized spacial score (nSPS) is 17.4. The van der Waals surface area contributed by atoms with Crippen LogP contribution in [-0.2, 0) is 18.3 Å². The first-order valence-electron chi connectivity index (χ1n) is 13.2. The predicted octanol–water partition coefficient (Wildman–Crippen LogP) is 5.18. The summed E-state index contributed by atoms with van der Waals surface area (Å²) < 4.78 is 7.22. The number of nitrogens with one attached hydrogen (secondary N) is 1. The number of hydrogen-bond donors (Lipinski definition) is 2. The lowest BCUT2D eigenvalue weighted by atomic mass is 9.88. The molecule has 1 aliphatic heterocycles. The Bertz CT molecular complexity index is 1650. The molecule has 4 aromatic rings. The number of rotatable bonds is 6. The maximum Gasteiger partial charge on any atom is 0.304 e. The second-order valence-electron chi connectivity index (χ2n) is 10.5. The van der Waals surface area contributed by atoms with Crippen LogP contribution in [0.5, 0.6) is 5.75 Å². The van der Waals surface area contributed by atoms with Gasteiger partial charge in [-0.3, -0.25) is 14.6 Å². The molecule has 0 amide bonds. The highest BCUT2D eigenvalue weighted by Crippen LogP contribution is 2.43. The van der Waals surface area contributed by atoms with Crippen LogP contribution in [0.1, 0.15) is 52.7 Å². The summed E-state index contributed by atoms with van der Waals surface area (Å²) in [6.45, 7) is 4.58. The quantitative estimate of drug-likeness (QED) is 0.360. The lowest BCUT2D eigenvalue weighted by Crippen LogP contribution is -2.15. The molecule has 0 radical (unpaired) electrons. The van der Waals surface area contributed by atoms with Gasteiger partial charge in [-0.05, 0) is 72.2 Å². The zero-order valence-corrected chi connectivity index (χ0v) is 22.2. The SMILES string of the molecule is Cc1cc(-c2cc(=O)n(C)cn2)cc(C)c1-c1cccc2c1CC[C@H]2Nc1cnc2c(c1)OCC2CC(=O)O. The molecular formula is C31H30N4O4. The van der Waals surface area contributed by atoms with Crippen LogP contribution < -0.4 is 15.6 Å². The van der Waals surface area contributed by atoms with Gasteiger partial charge in [0.15, 0.2) is 0 Å². The van der Waals surface area contributed by atoms with E-state index in [-0.39, 0.29) is 23.9 Å². The van der Waals surface area contributed by atoms with Crippen LogP contribution in [0.15, 0.2) is 59.8 Å². The number of ether oxygens (including phenoxy) is 1. The van der Waals surface area contributed by atoms with Crippen molar-refractivity contribution in [1.29, 1.82) is 0 Å². The molecule has 1 aliphatic carbocycles. The number of benzene rings is 2. The van der Waals surface area contributed by atoms with Crippen LogP contribution in [0, 0.1) is 13.8 Å². The maximum absolute atomic E-state index is 12.2. The van der Waals surface area contributed by atoms with Crippen molar-refractivity contribution in [2.24, 2.45) is 7.05 Å². The number of hydrogen-bond acceptors (Lipinski definition) is 6. The second kappa shape index (κ2) is 9.69. The largest absolute Gasteiger partial charge is 0.491 e. The Balaban J connectivity index is 1.28. The molecule has 2 aliphatic rings. The number of aliphatic carboxylic acids is 1. The Morgan fingerprint density at radius 1 is 1.15 bits per heavy atom. The van der Waals surface area contributed by atoms with E-state index >= 15 is 0 Å². The zero-order valence-electron chi connectivity index (χ0n) is 22.2. The number of carbonyl (C=O) groups is 1. The van der Waals surface area contributed by atoms with Crippen LogP contribution in [0.4, 0.5) is 5.69 Å². The molecule has 198 valence electrons. The van der Waals surface area contributed by atoms with Gasteiger partial charge in [-0.2, -0.15) is 0 Å². The number of carboxylic acids is 1. The molecule has 2 aromatic heterocycles. The second-order valence-corrected chi connectivity index (χ2v) is 10.5. The molecule has 3 heterocycles. The Labute approximate surface area is 226 Å². The lowest BCUT2D eigenvalue weighted by molar-refractivity contribution is -0.137. The van der Waals surface area contributed by atoms with Gasteiger partial charge in [0, 0.05) is 30.7 Å². The third kappa shape index (κ3) is 4.56. The van der Waals surface area contributed by atoms with Gasteiger partial charge in [0.05, 0.1) is 48.7 Å². The molecule has 1 unspecified atom stereocenters. The molecule has 6 rings (SSSR count). The summed E-state index contributed by atoms with van der Waals surface area (Å²) in [7, 11) is 1.70. The van der Waals surface area contributed by atoms with E-state index in [1.807, 2.05) is 6.07 Å². The number of fused-ring (bicyclic) bond motifs is 2. The van der Waals surface area contributed by atoms with E-state index in [1.54, 1.807) is 25.6 Å². The molecule has 0 fully saturated rings. The van der Waals surface area contributed by atoms with Gasteiger partial charge in [0.2, 0.25) is 0 Å². The number of aryl methyl sites for hydroxylation is 3. The summed E-state index contributed by atoms with van der Waals surface area (Å²) in [6.07, 6.45) is 5.27. The molecule has 8 heteroatoms. The third-order valence-electron chi connectivity index (χ3n) is 7.82. The van der Waals surface area contributed by atoms with Crippen molar-refractivity contribution in [1.82, 2.24) is 14.5 Å². The molecule has 0 bridgehead atoms. The highest BCUT2D eigenvalue weighted by Gasteiger charge is 2.30. The molecule has 0 spiro atoms. The van der Waals surface area contributed by atoms with Crippen molar-refractivity contribution in [2.75, 3.05) is 11.9 Å². The number of aromatic nitrogens is 3. The topological polar surface area (TPSA) is 106 Å². The minimum absolute atomic E-state index is 0.0195. The van der Waals surface area contributed by atoms with Crippen LogP contribution in [0.2, 0.25) is 0 Å². The average molecular weight is 523 g/mol. The van der Waals surface area contributed by atoms with Crippen molar-refractivity contribution >= 4 is 11.7 Å². The van der Waals surface area contributed by atoms with Crippen LogP contribution in [0.3, 0.4) is 0 Å². The van der Waals surface area contributed by atoms with Gasteiger partial charge < -0.3 is 19.7 Å². The average Bonchev–Trinajstić information content (AvgIpc) is 3.49. The molecule has 2 N–H and O–H groups in total. The van der Waals surface area contributed by atoms with Crippen molar-refractivity contribution in [3.05, 3.63) is 93.3 Å². The van der Waals surface area contributed by atoms with E-state index in [2.05, 4.69) is 59.5 Å². The fourth-order valence-corrected chi connectivity index (χ4v) is 5.99. The van der Waals surface area contributed by atoms with Crippen molar-refractivity contribution < 1.29 is 14.6 Å². The van der Waals surface area contributed by atoms with Crippen LogP contribution in [-0.4, -0.2) is 32.2 Å². The van der Waals surface area contributed by atoms with E-state index in [0.29, 0.717) is 18.1 Å². The van der Waals surface area contributed by atoms with E-state index in [4.69, 9.17) is 9.84 Å². The Morgan fingerprint density at radius 2 is 1.95 bits per heavy atom. The smallest absolute Gasteiger partial charge is 0.304 e. The molecule has 2 atom stereocenters. The van der Waals surface area contributed by atoms with Crippen molar-refractivity contribution in [2.45, 2.75) is 45.1 Å². The zero-order chi connectivity index (χ0) is 27.3. The first-order valence-corrected chi connectivity index (χ1v) is 13.2. The monoisotopic (exact) mass is 522 g/mol. The van der Waals surface area contributed by atoms with E-state index in [9.17, 15) is 9.59 Å². The maximum atomic E-state index is 12.2. The molecule has 0 saturated heterocycles. The minimum atomic E-state index is -0.846. The highest BCUT2D eigenvalue weighted by molar-refractivity contribution is 5.79. The van der Waals surface area contributed by atoms with Crippen molar-refractivity contribution in [3.63, 3.8) is 0 Å². The molecule has 2 aromatic carbocycles. The first-order chi connectivity index (χ1) is 18.8. The van der Waals surface area contributed by atoms with Gasteiger partial charge in [0.25, 0.3) is 5.56 Å². The molecule has 0 saturated carbocycles. The number of anilines is 1. The third-order valence-corrected chi connectivity index (χ3v) is 7.82. The van der Waals surface area contributed by atoms with E-state index < -0.39 is 5.97 Å². The Kier molecular flexibility index (Phi) is 6.17.